The fourth-order valence-corrected chi connectivity index (χ4v) is 3.83. The van der Waals surface area contributed by atoms with Crippen molar-refractivity contribution in [2.24, 2.45) is 7.05 Å². The molecule has 1 saturated heterocycles. The Labute approximate surface area is 167 Å². The molecule has 4 rings (SSSR count). The average Bonchev–Trinajstić information content (AvgIpc) is 3.10. The minimum Gasteiger partial charge on any atom is -0.490 e. The fraction of sp³-hybridized carbons (Fsp3) is 0.429. The van der Waals surface area contributed by atoms with Crippen LogP contribution in [0.3, 0.4) is 0 Å². The maximum atomic E-state index is 12.8. The molecule has 0 spiro atoms. The van der Waals surface area contributed by atoms with Crippen molar-refractivity contribution in [1.82, 2.24) is 19.2 Å². The molecule has 0 unspecified atom stereocenters. The molecule has 1 aliphatic rings. The standard InChI is InChI=1S/C21H24F2N4O2/c1-25-21(28)6-5-15(24-25)13-26-10-7-16(8-11-26)29-19-4-2-3-18-17(19)9-12-27(18)14-20(22)23/h2-6,9,12,16,20H,7-8,10-11,13-14H2,1H3. The molecule has 3 aromatic rings. The first kappa shape index (κ1) is 19.6. The molecule has 3 heterocycles. The van der Waals surface area contributed by atoms with Gasteiger partial charge in [0.2, 0.25) is 0 Å². The molecule has 6 nitrogen and oxygen atoms in total. The van der Waals surface area contributed by atoms with Crippen molar-refractivity contribution in [3.8, 4) is 5.75 Å². The summed E-state index contributed by atoms with van der Waals surface area (Å²) < 4.78 is 34.7. The van der Waals surface area contributed by atoms with Crippen LogP contribution in [0.15, 0.2) is 47.4 Å². The summed E-state index contributed by atoms with van der Waals surface area (Å²) in [6.45, 7) is 2.13. The highest BCUT2D eigenvalue weighted by atomic mass is 19.3. The smallest absolute Gasteiger partial charge is 0.266 e. The van der Waals surface area contributed by atoms with E-state index in [1.54, 1.807) is 29.9 Å². The molecule has 1 aliphatic heterocycles. The molecule has 0 N–H and O–H groups in total. The van der Waals surface area contributed by atoms with Crippen LogP contribution in [0.25, 0.3) is 10.9 Å². The predicted molar refractivity (Wildman–Crippen MR) is 106 cm³/mol. The number of nitrogens with zero attached hydrogens (tertiary/aromatic N) is 4. The molecule has 1 aromatic carbocycles. The van der Waals surface area contributed by atoms with Crippen LogP contribution in [-0.2, 0) is 20.1 Å². The molecule has 1 fully saturated rings. The van der Waals surface area contributed by atoms with Crippen LogP contribution >= 0.6 is 0 Å². The minimum atomic E-state index is -2.39. The quantitative estimate of drug-likeness (QED) is 0.636. The number of aromatic nitrogens is 3. The first-order chi connectivity index (χ1) is 14.0. The second-order valence-electron chi connectivity index (χ2n) is 7.43. The molecular weight excluding hydrogens is 378 g/mol. The highest BCUT2D eigenvalue weighted by Gasteiger charge is 2.22. The monoisotopic (exact) mass is 402 g/mol. The summed E-state index contributed by atoms with van der Waals surface area (Å²) in [5.41, 5.74) is 1.52. The van der Waals surface area contributed by atoms with Crippen molar-refractivity contribution in [2.45, 2.75) is 38.5 Å². The lowest BCUT2D eigenvalue weighted by Crippen LogP contribution is -2.38. The fourth-order valence-electron chi connectivity index (χ4n) is 3.83. The Hall–Kier alpha value is -2.74. The lowest BCUT2D eigenvalue weighted by Gasteiger charge is -2.32. The van der Waals surface area contributed by atoms with Crippen LogP contribution in [0.4, 0.5) is 8.78 Å². The molecule has 2 aromatic heterocycles. The van der Waals surface area contributed by atoms with Crippen molar-refractivity contribution in [2.75, 3.05) is 13.1 Å². The number of fused-ring (bicyclic) bond motifs is 1. The SMILES string of the molecule is Cn1nc(CN2CCC(Oc3cccc4c3ccn4CC(F)F)CC2)ccc1=O. The molecule has 0 aliphatic carbocycles. The van der Waals surface area contributed by atoms with Crippen LogP contribution in [0, 0.1) is 0 Å². The van der Waals surface area contributed by atoms with Gasteiger partial charge in [-0.3, -0.25) is 9.69 Å². The second kappa shape index (κ2) is 8.32. The van der Waals surface area contributed by atoms with Gasteiger partial charge >= 0.3 is 0 Å². The summed E-state index contributed by atoms with van der Waals surface area (Å²) in [6.07, 6.45) is 1.14. The first-order valence-electron chi connectivity index (χ1n) is 9.78. The molecular formula is C21H24F2N4O2. The molecule has 0 atom stereocenters. The number of aryl methyl sites for hydroxylation is 1. The van der Waals surface area contributed by atoms with Crippen molar-refractivity contribution in [1.29, 1.82) is 0 Å². The zero-order valence-corrected chi connectivity index (χ0v) is 16.3. The van der Waals surface area contributed by atoms with E-state index in [0.29, 0.717) is 6.54 Å². The Balaban J connectivity index is 1.38. The van der Waals surface area contributed by atoms with Crippen molar-refractivity contribution in [3.63, 3.8) is 0 Å². The van der Waals surface area contributed by atoms with E-state index in [9.17, 15) is 13.6 Å². The van der Waals surface area contributed by atoms with Gasteiger partial charge in [0.15, 0.2) is 0 Å². The Morgan fingerprint density at radius 2 is 1.97 bits per heavy atom. The number of benzene rings is 1. The van der Waals surface area contributed by atoms with Gasteiger partial charge in [0, 0.05) is 44.3 Å². The minimum absolute atomic E-state index is 0.0865. The van der Waals surface area contributed by atoms with Crippen molar-refractivity contribution < 1.29 is 13.5 Å². The molecule has 154 valence electrons. The van der Waals surface area contributed by atoms with E-state index in [4.69, 9.17) is 4.74 Å². The van der Waals surface area contributed by atoms with Gasteiger partial charge < -0.3 is 9.30 Å². The van der Waals surface area contributed by atoms with Gasteiger partial charge in [-0.25, -0.2) is 13.5 Å². The molecule has 0 amide bonds. The molecule has 29 heavy (non-hydrogen) atoms. The molecule has 0 radical (unpaired) electrons. The van der Waals surface area contributed by atoms with E-state index in [0.717, 1.165) is 48.3 Å². The lowest BCUT2D eigenvalue weighted by atomic mass is 10.1. The summed E-state index contributed by atoms with van der Waals surface area (Å²) in [5, 5.41) is 5.15. The Morgan fingerprint density at radius 1 is 1.17 bits per heavy atom. The predicted octanol–water partition coefficient (Wildman–Crippen LogP) is 3.04. The van der Waals surface area contributed by atoms with Crippen LogP contribution in [-0.4, -0.2) is 44.9 Å². The zero-order valence-electron chi connectivity index (χ0n) is 16.3. The van der Waals surface area contributed by atoms with Gasteiger partial charge in [-0.15, -0.1) is 0 Å². The molecule has 8 heteroatoms. The largest absolute Gasteiger partial charge is 0.490 e. The van der Waals surface area contributed by atoms with E-state index < -0.39 is 6.43 Å². The van der Waals surface area contributed by atoms with E-state index in [1.807, 2.05) is 24.3 Å². The summed E-state index contributed by atoms with van der Waals surface area (Å²) in [5.74, 6) is 0.744. The van der Waals surface area contributed by atoms with E-state index in [2.05, 4.69) is 10.00 Å². The number of hydrogen-bond donors (Lipinski definition) is 0. The average molecular weight is 402 g/mol. The normalized spacial score (nSPS) is 16.0. The third kappa shape index (κ3) is 4.48. The Kier molecular flexibility index (Phi) is 5.62. The van der Waals surface area contributed by atoms with Crippen molar-refractivity contribution in [3.05, 3.63) is 58.6 Å². The maximum absolute atomic E-state index is 12.8. The van der Waals surface area contributed by atoms with E-state index >= 15 is 0 Å². The van der Waals surface area contributed by atoms with Crippen LogP contribution in [0.1, 0.15) is 18.5 Å². The summed E-state index contributed by atoms with van der Waals surface area (Å²) in [7, 11) is 1.65. The van der Waals surface area contributed by atoms with Gasteiger partial charge in [-0.05, 0) is 37.1 Å². The number of alkyl halides is 2. The van der Waals surface area contributed by atoms with Crippen LogP contribution in [0.2, 0.25) is 0 Å². The van der Waals surface area contributed by atoms with Gasteiger partial charge in [0.05, 0.1) is 17.8 Å². The topological polar surface area (TPSA) is 52.3 Å². The zero-order chi connectivity index (χ0) is 20.4. The van der Waals surface area contributed by atoms with Crippen molar-refractivity contribution >= 4 is 10.9 Å². The van der Waals surface area contributed by atoms with Gasteiger partial charge in [0.25, 0.3) is 12.0 Å². The second-order valence-corrected chi connectivity index (χ2v) is 7.43. The van der Waals surface area contributed by atoms with Gasteiger partial charge in [0.1, 0.15) is 11.9 Å². The third-order valence-electron chi connectivity index (χ3n) is 5.34. The Bertz CT molecular complexity index is 1040. The van der Waals surface area contributed by atoms with Crippen LogP contribution < -0.4 is 10.3 Å². The third-order valence-corrected chi connectivity index (χ3v) is 5.34. The summed E-state index contributed by atoms with van der Waals surface area (Å²) in [6, 6.07) is 10.7. The van der Waals surface area contributed by atoms with Gasteiger partial charge in [-0.1, -0.05) is 6.07 Å². The molecule has 0 saturated carbocycles. The Morgan fingerprint density at radius 3 is 2.69 bits per heavy atom. The number of piperidine rings is 1. The summed E-state index contributed by atoms with van der Waals surface area (Å²) >= 11 is 0. The highest BCUT2D eigenvalue weighted by Crippen LogP contribution is 2.29. The first-order valence-corrected chi connectivity index (χ1v) is 9.78. The maximum Gasteiger partial charge on any atom is 0.266 e. The number of likely N-dealkylation sites (tertiary alicyclic amines) is 1. The number of rotatable bonds is 6. The number of hydrogen-bond acceptors (Lipinski definition) is 4. The number of ether oxygens (including phenoxy) is 1. The van der Waals surface area contributed by atoms with Crippen LogP contribution in [0.5, 0.6) is 5.75 Å². The number of halogens is 2. The van der Waals surface area contributed by atoms with E-state index in [-0.39, 0.29) is 18.2 Å². The van der Waals surface area contributed by atoms with E-state index in [1.165, 1.54) is 4.68 Å². The lowest BCUT2D eigenvalue weighted by molar-refractivity contribution is 0.0969. The molecule has 0 bridgehead atoms. The summed E-state index contributed by atoms with van der Waals surface area (Å²) in [4.78, 5) is 13.8. The highest BCUT2D eigenvalue weighted by molar-refractivity contribution is 5.86. The van der Waals surface area contributed by atoms with Gasteiger partial charge in [-0.2, -0.15) is 5.10 Å².